The summed E-state index contributed by atoms with van der Waals surface area (Å²) in [5.41, 5.74) is 0.132. The number of methoxy groups -OCH3 is 1. The largest absolute Gasteiger partial charge is 0.496 e. The number of hydrogen-bond acceptors (Lipinski definition) is 6. The van der Waals surface area contributed by atoms with E-state index in [1.807, 2.05) is 0 Å². The van der Waals surface area contributed by atoms with Crippen molar-refractivity contribution < 1.29 is 33.0 Å². The van der Waals surface area contributed by atoms with Crippen LogP contribution in [0.25, 0.3) is 0 Å². The van der Waals surface area contributed by atoms with E-state index in [1.54, 1.807) is 6.92 Å². The lowest BCUT2D eigenvalue weighted by atomic mass is 9.83. The standard InChI is InChI=1S/C30H43FN2O6/c1-6-38-29(36)17-9-11-20(12-10-17)39-24-14-21(23(37-5)15-22(24)31)27(34)33-26-19-8-7-18(13-19)25(26)28(35)32-16-30(2,3)4/h14-15,17-20,25-26H,6-13,16H2,1-5H3,(H,32,35)(H,33,34)/t17?,18-,19+,20?,25+,26-/m1/s1. The van der Waals surface area contributed by atoms with E-state index in [0.717, 1.165) is 19.3 Å². The second-order valence-corrected chi connectivity index (χ2v) is 12.5. The van der Waals surface area contributed by atoms with Gasteiger partial charge >= 0.3 is 5.97 Å². The third kappa shape index (κ3) is 6.84. The summed E-state index contributed by atoms with van der Waals surface area (Å²) in [6, 6.07) is 2.28. The molecule has 4 rings (SSSR count). The first kappa shape index (κ1) is 29.2. The summed E-state index contributed by atoms with van der Waals surface area (Å²) < 4.78 is 31.4. The van der Waals surface area contributed by atoms with Crippen LogP contribution in [-0.2, 0) is 14.3 Å². The Bertz CT molecular complexity index is 1060. The number of amides is 2. The molecule has 2 N–H and O–H groups in total. The first-order valence-corrected chi connectivity index (χ1v) is 14.3. The molecule has 0 saturated heterocycles. The van der Waals surface area contributed by atoms with Crippen LogP contribution in [0.1, 0.15) is 83.0 Å². The van der Waals surface area contributed by atoms with Crippen LogP contribution in [0.3, 0.4) is 0 Å². The number of halogens is 1. The zero-order valence-electron chi connectivity index (χ0n) is 23.8. The summed E-state index contributed by atoms with van der Waals surface area (Å²) in [5.74, 6) is -1.11. The molecule has 3 fully saturated rings. The van der Waals surface area contributed by atoms with Gasteiger partial charge in [0, 0.05) is 18.7 Å². The Morgan fingerprint density at radius 3 is 2.33 bits per heavy atom. The summed E-state index contributed by atoms with van der Waals surface area (Å²) in [7, 11) is 1.39. The van der Waals surface area contributed by atoms with Gasteiger partial charge in [0.05, 0.1) is 37.2 Å². The summed E-state index contributed by atoms with van der Waals surface area (Å²) in [4.78, 5) is 38.7. The van der Waals surface area contributed by atoms with Crippen molar-refractivity contribution in [2.75, 3.05) is 20.3 Å². The Hall–Kier alpha value is -2.84. The fraction of sp³-hybridized carbons (Fsp3) is 0.700. The summed E-state index contributed by atoms with van der Waals surface area (Å²) >= 11 is 0. The minimum absolute atomic E-state index is 0.0176. The van der Waals surface area contributed by atoms with Crippen LogP contribution in [0.5, 0.6) is 11.5 Å². The monoisotopic (exact) mass is 546 g/mol. The number of ether oxygens (including phenoxy) is 3. The molecule has 3 aliphatic carbocycles. The van der Waals surface area contributed by atoms with Gasteiger partial charge in [-0.25, -0.2) is 4.39 Å². The molecule has 0 spiro atoms. The highest BCUT2D eigenvalue weighted by Crippen LogP contribution is 2.49. The van der Waals surface area contributed by atoms with Gasteiger partial charge in [-0.1, -0.05) is 20.8 Å². The molecule has 216 valence electrons. The molecule has 2 amide bonds. The molecule has 1 aromatic rings. The highest BCUT2D eigenvalue weighted by molar-refractivity contribution is 5.98. The molecule has 3 aliphatic rings. The lowest BCUT2D eigenvalue weighted by molar-refractivity contribution is -0.149. The third-order valence-corrected chi connectivity index (χ3v) is 8.40. The van der Waals surface area contributed by atoms with E-state index in [2.05, 4.69) is 31.4 Å². The summed E-state index contributed by atoms with van der Waals surface area (Å²) in [6.07, 6.45) is 5.01. The Morgan fingerprint density at radius 1 is 1.00 bits per heavy atom. The predicted octanol–water partition coefficient (Wildman–Crippen LogP) is 4.64. The molecule has 39 heavy (non-hydrogen) atoms. The lowest BCUT2D eigenvalue weighted by Gasteiger charge is -2.32. The first-order chi connectivity index (χ1) is 18.5. The van der Waals surface area contributed by atoms with Gasteiger partial charge in [-0.05, 0) is 75.2 Å². The number of fused-ring (bicyclic) bond motifs is 2. The molecule has 0 heterocycles. The molecule has 3 saturated carbocycles. The van der Waals surface area contributed by atoms with E-state index in [0.29, 0.717) is 38.8 Å². The van der Waals surface area contributed by atoms with Gasteiger partial charge in [0.1, 0.15) is 5.75 Å². The number of hydrogen-bond donors (Lipinski definition) is 2. The van der Waals surface area contributed by atoms with E-state index in [4.69, 9.17) is 14.2 Å². The van der Waals surface area contributed by atoms with Crippen molar-refractivity contribution in [3.8, 4) is 11.5 Å². The van der Waals surface area contributed by atoms with Gasteiger partial charge in [-0.2, -0.15) is 0 Å². The Labute approximate surface area is 230 Å². The van der Waals surface area contributed by atoms with Crippen molar-refractivity contribution in [3.63, 3.8) is 0 Å². The minimum Gasteiger partial charge on any atom is -0.496 e. The maximum Gasteiger partial charge on any atom is 0.308 e. The van der Waals surface area contributed by atoms with Crippen LogP contribution >= 0.6 is 0 Å². The van der Waals surface area contributed by atoms with Crippen LogP contribution in [0.4, 0.5) is 4.39 Å². The molecular weight excluding hydrogens is 503 g/mol. The normalized spacial score (nSPS) is 28.1. The molecule has 0 radical (unpaired) electrons. The van der Waals surface area contributed by atoms with Crippen molar-refractivity contribution in [2.45, 2.75) is 84.8 Å². The van der Waals surface area contributed by atoms with Gasteiger partial charge in [-0.3, -0.25) is 14.4 Å². The lowest BCUT2D eigenvalue weighted by Crippen LogP contribution is -2.50. The SMILES string of the molecule is CCOC(=O)C1CCC(Oc2cc(C(=O)N[C@@H]3[C@H]4CC[C@H](C4)[C@@H]3C(=O)NCC(C)(C)C)c(OC)cc2F)CC1. The quantitative estimate of drug-likeness (QED) is 0.438. The number of carbonyl (C=O) groups is 3. The van der Waals surface area contributed by atoms with Crippen LogP contribution in [0, 0.1) is 34.9 Å². The van der Waals surface area contributed by atoms with Crippen molar-refractivity contribution in [1.82, 2.24) is 10.6 Å². The number of nitrogens with one attached hydrogen (secondary N) is 2. The average molecular weight is 547 g/mol. The average Bonchev–Trinajstić information content (AvgIpc) is 3.50. The molecule has 9 heteroatoms. The Kier molecular flexibility index (Phi) is 9.07. The second-order valence-electron chi connectivity index (χ2n) is 12.5. The molecule has 0 aliphatic heterocycles. The van der Waals surface area contributed by atoms with Crippen molar-refractivity contribution in [3.05, 3.63) is 23.5 Å². The summed E-state index contributed by atoms with van der Waals surface area (Å²) in [6.45, 7) is 8.90. The number of rotatable bonds is 9. The molecule has 4 atom stereocenters. The maximum atomic E-state index is 15.0. The second kappa shape index (κ2) is 12.1. The van der Waals surface area contributed by atoms with E-state index in [9.17, 15) is 18.8 Å². The Morgan fingerprint density at radius 2 is 1.69 bits per heavy atom. The van der Waals surface area contributed by atoms with E-state index >= 15 is 0 Å². The molecule has 0 unspecified atom stereocenters. The van der Waals surface area contributed by atoms with Gasteiger partial charge in [0.15, 0.2) is 11.6 Å². The molecule has 1 aromatic carbocycles. The minimum atomic E-state index is -0.615. The smallest absolute Gasteiger partial charge is 0.308 e. The van der Waals surface area contributed by atoms with Crippen molar-refractivity contribution in [1.29, 1.82) is 0 Å². The molecule has 0 aromatic heterocycles. The van der Waals surface area contributed by atoms with Gasteiger partial charge in [-0.15, -0.1) is 0 Å². The third-order valence-electron chi connectivity index (χ3n) is 8.40. The van der Waals surface area contributed by atoms with E-state index in [-0.39, 0.29) is 70.2 Å². The van der Waals surface area contributed by atoms with Gasteiger partial charge < -0.3 is 24.8 Å². The van der Waals surface area contributed by atoms with E-state index < -0.39 is 11.7 Å². The summed E-state index contributed by atoms with van der Waals surface area (Å²) in [5, 5.41) is 6.18. The molecule has 2 bridgehead atoms. The first-order valence-electron chi connectivity index (χ1n) is 14.3. The maximum absolute atomic E-state index is 15.0. The fourth-order valence-corrected chi connectivity index (χ4v) is 6.40. The zero-order valence-corrected chi connectivity index (χ0v) is 23.8. The predicted molar refractivity (Wildman–Crippen MR) is 144 cm³/mol. The number of esters is 1. The number of carbonyl (C=O) groups excluding carboxylic acids is 3. The van der Waals surface area contributed by atoms with Crippen LogP contribution in [0.15, 0.2) is 12.1 Å². The molecule has 8 nitrogen and oxygen atoms in total. The highest BCUT2D eigenvalue weighted by atomic mass is 19.1. The van der Waals surface area contributed by atoms with Crippen molar-refractivity contribution >= 4 is 17.8 Å². The van der Waals surface area contributed by atoms with Crippen LogP contribution < -0.4 is 20.1 Å². The zero-order chi connectivity index (χ0) is 28.3. The fourth-order valence-electron chi connectivity index (χ4n) is 6.40. The van der Waals surface area contributed by atoms with Crippen molar-refractivity contribution in [2.24, 2.45) is 29.1 Å². The Balaban J connectivity index is 1.45. The number of benzene rings is 1. The van der Waals surface area contributed by atoms with Crippen LogP contribution in [-0.4, -0.2) is 50.2 Å². The van der Waals surface area contributed by atoms with Crippen LogP contribution in [0.2, 0.25) is 0 Å². The highest BCUT2D eigenvalue weighted by Gasteiger charge is 2.51. The van der Waals surface area contributed by atoms with E-state index in [1.165, 1.54) is 19.2 Å². The molecular formula is C30H43FN2O6. The van der Waals surface area contributed by atoms with Gasteiger partial charge in [0.2, 0.25) is 5.91 Å². The topological polar surface area (TPSA) is 103 Å². The van der Waals surface area contributed by atoms with Gasteiger partial charge in [0.25, 0.3) is 5.91 Å².